The molecule has 0 fully saturated rings. The van der Waals surface area contributed by atoms with E-state index in [0.29, 0.717) is 29.3 Å². The van der Waals surface area contributed by atoms with Gasteiger partial charge in [-0.25, -0.2) is 24.9 Å². The Kier molecular flexibility index (Phi) is 6.99. The van der Waals surface area contributed by atoms with Gasteiger partial charge >= 0.3 is 0 Å². The van der Waals surface area contributed by atoms with E-state index in [1.165, 1.54) is 5.39 Å². The molecule has 0 unspecified atom stereocenters. The molecule has 0 radical (unpaired) electrons. The zero-order valence-electron chi connectivity index (χ0n) is 29.2. The smallest absolute Gasteiger partial charge is 0.227 e. The van der Waals surface area contributed by atoms with Gasteiger partial charge in [0.2, 0.25) is 11.8 Å². The van der Waals surface area contributed by atoms with Gasteiger partial charge in [-0.1, -0.05) is 97.1 Å². The Labute approximate surface area is 314 Å². The molecule has 4 aromatic heterocycles. The first-order chi connectivity index (χ1) is 27.2. The number of fused-ring (bicyclic) bond motifs is 5. The molecule has 0 N–H and O–H groups in total. The number of hydrogen-bond donors (Lipinski definition) is 0. The fraction of sp³-hybridized carbons (Fsp3) is 0. The zero-order chi connectivity index (χ0) is 36.3. The van der Waals surface area contributed by atoms with Crippen molar-refractivity contribution in [3.8, 4) is 62.8 Å². The summed E-state index contributed by atoms with van der Waals surface area (Å²) < 4.78 is 14.4. The van der Waals surface area contributed by atoms with Crippen molar-refractivity contribution < 1.29 is 8.83 Å². The summed E-state index contributed by atoms with van der Waals surface area (Å²) in [6.07, 6.45) is 0. The minimum atomic E-state index is 0.552. The number of hydrogen-bond acceptors (Lipinski definition) is 7. The van der Waals surface area contributed by atoms with Crippen LogP contribution in [0, 0.1) is 0 Å². The van der Waals surface area contributed by atoms with Crippen LogP contribution in [-0.4, -0.2) is 29.5 Å². The lowest BCUT2D eigenvalue weighted by atomic mass is 10.1. The predicted molar refractivity (Wildman–Crippen MR) is 216 cm³/mol. The number of aromatic nitrogens is 6. The molecule has 4 heterocycles. The molecular formula is C47H28N6O2. The van der Waals surface area contributed by atoms with Crippen molar-refractivity contribution in [2.24, 2.45) is 0 Å². The van der Waals surface area contributed by atoms with Gasteiger partial charge in [0.25, 0.3) is 0 Å². The van der Waals surface area contributed by atoms with E-state index in [1.54, 1.807) is 0 Å². The molecule has 0 aliphatic heterocycles. The molecule has 0 aliphatic rings. The Morgan fingerprint density at radius 1 is 0.345 bits per heavy atom. The first-order valence-corrected chi connectivity index (χ1v) is 18.0. The molecule has 0 amide bonds. The van der Waals surface area contributed by atoms with E-state index in [4.69, 9.17) is 23.8 Å². The molecule has 55 heavy (non-hydrogen) atoms. The maximum atomic E-state index is 6.05. The molecule has 0 aliphatic carbocycles. The van der Waals surface area contributed by atoms with Crippen molar-refractivity contribution in [1.82, 2.24) is 29.5 Å². The van der Waals surface area contributed by atoms with Crippen LogP contribution in [0.3, 0.4) is 0 Å². The molecule has 8 heteroatoms. The highest BCUT2D eigenvalue weighted by Gasteiger charge is 2.18. The van der Waals surface area contributed by atoms with Crippen molar-refractivity contribution in [2.45, 2.75) is 0 Å². The first-order valence-electron chi connectivity index (χ1n) is 18.0. The number of oxazole rings is 2. The van der Waals surface area contributed by atoms with Crippen molar-refractivity contribution >= 4 is 44.0 Å². The number of rotatable bonds is 6. The highest BCUT2D eigenvalue weighted by atomic mass is 16.4. The van der Waals surface area contributed by atoms with Gasteiger partial charge in [0.15, 0.2) is 28.6 Å². The SMILES string of the molecule is c1ccc(-n2c3ccccc3c3ccc(-c4nc(-c5ccc(-c6nc7ccccc7o6)cc5)nc(-c5ccc(-c6nc7ccccc7o6)cc5)n4)cc32)cc1. The van der Waals surface area contributed by atoms with Crippen LogP contribution in [0.1, 0.15) is 0 Å². The molecule has 11 aromatic rings. The minimum Gasteiger partial charge on any atom is -0.436 e. The quantitative estimate of drug-likeness (QED) is 0.170. The molecule has 0 atom stereocenters. The molecule has 0 spiro atoms. The van der Waals surface area contributed by atoms with Crippen molar-refractivity contribution in [1.29, 1.82) is 0 Å². The van der Waals surface area contributed by atoms with E-state index in [0.717, 1.165) is 72.1 Å². The predicted octanol–water partition coefficient (Wildman–Crippen LogP) is 11.6. The van der Waals surface area contributed by atoms with Crippen LogP contribution in [-0.2, 0) is 0 Å². The van der Waals surface area contributed by atoms with E-state index in [1.807, 2.05) is 103 Å². The molecule has 8 nitrogen and oxygen atoms in total. The van der Waals surface area contributed by atoms with Gasteiger partial charge in [0.05, 0.1) is 11.0 Å². The summed E-state index contributed by atoms with van der Waals surface area (Å²) in [5, 5.41) is 2.34. The second-order valence-electron chi connectivity index (χ2n) is 13.4. The van der Waals surface area contributed by atoms with Gasteiger partial charge in [-0.15, -0.1) is 0 Å². The topological polar surface area (TPSA) is 95.7 Å². The first kappa shape index (κ1) is 30.9. The summed E-state index contributed by atoms with van der Waals surface area (Å²) in [5.74, 6) is 2.79. The normalized spacial score (nSPS) is 11.6. The fourth-order valence-corrected chi connectivity index (χ4v) is 7.24. The standard InChI is InChI=1S/C47H28N6O2/c1-2-10-34(11-3-1)53-39-15-7-4-12-35(39)36-27-26-33(28-40(36)53)45-51-43(29-18-22-31(23-19-29)46-48-37-13-5-8-16-41(37)54-46)50-44(52-45)30-20-24-32(25-21-30)47-49-38-14-6-9-17-42(38)55-47/h1-28H. The average molecular weight is 709 g/mol. The third-order valence-corrected chi connectivity index (χ3v) is 9.95. The maximum absolute atomic E-state index is 6.05. The lowest BCUT2D eigenvalue weighted by Gasteiger charge is -2.10. The number of benzene rings is 7. The molecule has 7 aromatic carbocycles. The van der Waals surface area contributed by atoms with Crippen molar-refractivity contribution in [3.05, 3.63) is 170 Å². The minimum absolute atomic E-state index is 0.552. The van der Waals surface area contributed by atoms with E-state index in [-0.39, 0.29) is 0 Å². The van der Waals surface area contributed by atoms with Gasteiger partial charge in [-0.2, -0.15) is 0 Å². The highest BCUT2D eigenvalue weighted by Crippen LogP contribution is 2.36. The van der Waals surface area contributed by atoms with Crippen LogP contribution >= 0.6 is 0 Å². The van der Waals surface area contributed by atoms with Gasteiger partial charge in [0, 0.05) is 44.3 Å². The Morgan fingerprint density at radius 3 is 1.38 bits per heavy atom. The lowest BCUT2D eigenvalue weighted by Crippen LogP contribution is -2.00. The zero-order valence-corrected chi connectivity index (χ0v) is 29.2. The van der Waals surface area contributed by atoms with Gasteiger partial charge < -0.3 is 13.4 Å². The highest BCUT2D eigenvalue weighted by molar-refractivity contribution is 6.10. The summed E-state index contributed by atoms with van der Waals surface area (Å²) in [6, 6.07) is 56.9. The Morgan fingerprint density at radius 2 is 0.800 bits per heavy atom. The maximum Gasteiger partial charge on any atom is 0.227 e. The molecule has 0 saturated heterocycles. The van der Waals surface area contributed by atoms with E-state index in [9.17, 15) is 0 Å². The van der Waals surface area contributed by atoms with Gasteiger partial charge in [-0.05, 0) is 72.8 Å². The second-order valence-corrected chi connectivity index (χ2v) is 13.4. The van der Waals surface area contributed by atoms with Crippen LogP contribution in [0.5, 0.6) is 0 Å². The second kappa shape index (κ2) is 12.5. The Bertz CT molecular complexity index is 3000. The van der Waals surface area contributed by atoms with Gasteiger partial charge in [-0.3, -0.25) is 0 Å². The summed E-state index contributed by atoms with van der Waals surface area (Å²) in [7, 11) is 0. The fourth-order valence-electron chi connectivity index (χ4n) is 7.24. The summed E-state index contributed by atoms with van der Waals surface area (Å²) in [6.45, 7) is 0. The molecule has 0 saturated carbocycles. The lowest BCUT2D eigenvalue weighted by molar-refractivity contribution is 0.619. The van der Waals surface area contributed by atoms with Crippen molar-refractivity contribution in [3.63, 3.8) is 0 Å². The van der Waals surface area contributed by atoms with Gasteiger partial charge in [0.1, 0.15) is 11.0 Å². The van der Waals surface area contributed by atoms with Crippen LogP contribution in [0.15, 0.2) is 179 Å². The van der Waals surface area contributed by atoms with E-state index in [2.05, 4.69) is 81.3 Å². The molecular weight excluding hydrogens is 681 g/mol. The molecule has 0 bridgehead atoms. The summed E-state index contributed by atoms with van der Waals surface area (Å²) in [5.41, 5.74) is 10.7. The van der Waals surface area contributed by atoms with E-state index >= 15 is 0 Å². The largest absolute Gasteiger partial charge is 0.436 e. The number of nitrogens with zero attached hydrogens (tertiary/aromatic N) is 6. The van der Waals surface area contributed by atoms with Crippen LogP contribution in [0.25, 0.3) is 107 Å². The Hall–Kier alpha value is -7.71. The van der Waals surface area contributed by atoms with Crippen LogP contribution in [0.2, 0.25) is 0 Å². The third kappa shape index (κ3) is 5.35. The van der Waals surface area contributed by atoms with Crippen LogP contribution in [0.4, 0.5) is 0 Å². The molecule has 258 valence electrons. The Balaban J connectivity index is 1.05. The monoisotopic (exact) mass is 708 g/mol. The van der Waals surface area contributed by atoms with Crippen LogP contribution < -0.4 is 0 Å². The summed E-state index contributed by atoms with van der Waals surface area (Å²) in [4.78, 5) is 24.6. The molecule has 11 rings (SSSR count). The average Bonchev–Trinajstić information content (AvgIpc) is 3.98. The summed E-state index contributed by atoms with van der Waals surface area (Å²) >= 11 is 0. The van der Waals surface area contributed by atoms with Crippen molar-refractivity contribution in [2.75, 3.05) is 0 Å². The van der Waals surface area contributed by atoms with E-state index < -0.39 is 0 Å². The third-order valence-electron chi connectivity index (χ3n) is 9.95. The number of para-hydroxylation sites is 6.